The highest BCUT2D eigenvalue weighted by atomic mass is 32.1. The number of carbonyl (C=O) groups excluding carboxylic acids is 1. The van der Waals surface area contributed by atoms with Crippen LogP contribution in [-0.4, -0.2) is 41.5 Å². The Morgan fingerprint density at radius 1 is 1.53 bits per heavy atom. The molecule has 1 heterocycles. The largest absolute Gasteiger partial charge is 0.480 e. The predicted octanol–water partition coefficient (Wildman–Crippen LogP) is 1.72. The van der Waals surface area contributed by atoms with Crippen molar-refractivity contribution >= 4 is 23.2 Å². The topological polar surface area (TPSA) is 69.6 Å². The van der Waals surface area contributed by atoms with Crippen LogP contribution < -0.4 is 5.32 Å². The second kappa shape index (κ2) is 7.25. The summed E-state index contributed by atoms with van der Waals surface area (Å²) in [6, 6.07) is 3.23. The van der Waals surface area contributed by atoms with E-state index in [0.717, 1.165) is 4.88 Å². The highest BCUT2D eigenvalue weighted by Gasteiger charge is 2.22. The second-order valence-electron chi connectivity index (χ2n) is 4.48. The molecule has 0 aliphatic carbocycles. The monoisotopic (exact) mass is 284 g/mol. The Morgan fingerprint density at radius 3 is 2.68 bits per heavy atom. The van der Waals surface area contributed by atoms with E-state index in [2.05, 4.69) is 5.32 Å². The number of amides is 1. The molecule has 5 nitrogen and oxygen atoms in total. The van der Waals surface area contributed by atoms with Crippen molar-refractivity contribution in [1.29, 1.82) is 0 Å². The predicted molar refractivity (Wildman–Crippen MR) is 75.2 cm³/mol. The molecule has 19 heavy (non-hydrogen) atoms. The number of nitrogens with one attached hydrogen (secondary N) is 1. The number of aliphatic carboxylic acids is 1. The van der Waals surface area contributed by atoms with E-state index in [1.807, 2.05) is 24.4 Å². The normalized spacial score (nSPS) is 14.1. The number of thiophene rings is 1. The number of carboxylic acids is 1. The lowest BCUT2D eigenvalue weighted by Gasteiger charge is -2.23. The van der Waals surface area contributed by atoms with Crippen molar-refractivity contribution in [3.05, 3.63) is 22.4 Å². The fourth-order valence-corrected chi connectivity index (χ4v) is 2.64. The van der Waals surface area contributed by atoms with Gasteiger partial charge in [-0.05, 0) is 31.8 Å². The summed E-state index contributed by atoms with van der Waals surface area (Å²) < 4.78 is 0. The summed E-state index contributed by atoms with van der Waals surface area (Å²) in [6.07, 6.45) is 0.472. The van der Waals surface area contributed by atoms with Crippen molar-refractivity contribution in [3.63, 3.8) is 0 Å². The van der Waals surface area contributed by atoms with Crippen LogP contribution in [0.15, 0.2) is 17.5 Å². The van der Waals surface area contributed by atoms with Gasteiger partial charge in [-0.2, -0.15) is 0 Å². The molecule has 0 saturated heterocycles. The van der Waals surface area contributed by atoms with Crippen molar-refractivity contribution < 1.29 is 14.7 Å². The van der Waals surface area contributed by atoms with Crippen molar-refractivity contribution in [1.82, 2.24) is 10.2 Å². The third-order valence-corrected chi connectivity index (χ3v) is 4.00. The zero-order valence-corrected chi connectivity index (χ0v) is 12.2. The van der Waals surface area contributed by atoms with E-state index in [9.17, 15) is 9.59 Å². The average molecular weight is 284 g/mol. The Balaban J connectivity index is 2.48. The molecule has 1 aromatic heterocycles. The first-order valence-corrected chi connectivity index (χ1v) is 7.09. The molecule has 106 valence electrons. The molecule has 0 saturated carbocycles. The maximum absolute atomic E-state index is 11.9. The molecule has 0 bridgehead atoms. The van der Waals surface area contributed by atoms with Gasteiger partial charge in [0.1, 0.15) is 6.04 Å². The Labute approximate surface area is 117 Å². The smallest absolute Gasteiger partial charge is 0.320 e. The summed E-state index contributed by atoms with van der Waals surface area (Å²) >= 11 is 1.59. The first-order chi connectivity index (χ1) is 8.95. The van der Waals surface area contributed by atoms with Crippen molar-refractivity contribution in [2.45, 2.75) is 32.4 Å². The van der Waals surface area contributed by atoms with Gasteiger partial charge in [-0.1, -0.05) is 13.0 Å². The molecule has 1 amide bonds. The average Bonchev–Trinajstić information content (AvgIpc) is 2.81. The van der Waals surface area contributed by atoms with Crippen molar-refractivity contribution in [2.24, 2.45) is 0 Å². The number of nitrogens with zero attached hydrogens (tertiary/aromatic N) is 1. The molecule has 0 spiro atoms. The van der Waals surface area contributed by atoms with E-state index in [4.69, 9.17) is 5.11 Å². The van der Waals surface area contributed by atoms with Gasteiger partial charge in [0, 0.05) is 4.88 Å². The quantitative estimate of drug-likeness (QED) is 0.800. The lowest BCUT2D eigenvalue weighted by molar-refractivity contribution is -0.143. The van der Waals surface area contributed by atoms with Gasteiger partial charge in [-0.25, -0.2) is 0 Å². The molecule has 1 rings (SSSR count). The first-order valence-electron chi connectivity index (χ1n) is 6.21. The van der Waals surface area contributed by atoms with Gasteiger partial charge in [-0.3, -0.25) is 14.5 Å². The van der Waals surface area contributed by atoms with Crippen molar-refractivity contribution in [2.75, 3.05) is 13.6 Å². The second-order valence-corrected chi connectivity index (χ2v) is 5.46. The van der Waals surface area contributed by atoms with Crippen LogP contribution in [0.2, 0.25) is 0 Å². The van der Waals surface area contributed by atoms with E-state index in [1.54, 1.807) is 30.2 Å². The SMILES string of the molecule is CCC(C(=O)O)N(C)CC(=O)NC(C)c1cccs1. The van der Waals surface area contributed by atoms with Gasteiger partial charge >= 0.3 is 5.97 Å². The molecular weight excluding hydrogens is 264 g/mol. The first kappa shape index (κ1) is 15.7. The van der Waals surface area contributed by atoms with Gasteiger partial charge in [0.2, 0.25) is 5.91 Å². The Morgan fingerprint density at radius 2 is 2.21 bits per heavy atom. The molecule has 0 aliphatic rings. The fraction of sp³-hybridized carbons (Fsp3) is 0.538. The molecule has 2 atom stereocenters. The van der Waals surface area contributed by atoms with E-state index < -0.39 is 12.0 Å². The molecule has 2 unspecified atom stereocenters. The minimum atomic E-state index is -0.899. The van der Waals surface area contributed by atoms with Crippen LogP contribution in [0.4, 0.5) is 0 Å². The number of hydrogen-bond acceptors (Lipinski definition) is 4. The van der Waals surface area contributed by atoms with Crippen molar-refractivity contribution in [3.8, 4) is 0 Å². The zero-order chi connectivity index (χ0) is 14.4. The van der Waals surface area contributed by atoms with Crippen LogP contribution in [-0.2, 0) is 9.59 Å². The number of rotatable bonds is 7. The summed E-state index contributed by atoms with van der Waals surface area (Å²) in [7, 11) is 1.65. The molecule has 6 heteroatoms. The molecule has 0 radical (unpaired) electrons. The maximum atomic E-state index is 11.9. The number of likely N-dealkylation sites (N-methyl/N-ethyl adjacent to an activating group) is 1. The van der Waals surface area contributed by atoms with Crippen LogP contribution in [0.1, 0.15) is 31.2 Å². The van der Waals surface area contributed by atoms with Gasteiger partial charge in [0.15, 0.2) is 0 Å². The molecule has 1 aromatic rings. The van der Waals surface area contributed by atoms with Gasteiger partial charge in [0.25, 0.3) is 0 Å². The van der Waals surface area contributed by atoms with Crippen LogP contribution in [0, 0.1) is 0 Å². The third-order valence-electron chi connectivity index (χ3n) is 2.94. The number of carbonyl (C=O) groups is 2. The standard InChI is InChI=1S/C13H20N2O3S/c1-4-10(13(17)18)15(3)8-12(16)14-9(2)11-6-5-7-19-11/h5-7,9-10H,4,8H2,1-3H3,(H,14,16)(H,17,18). The van der Waals surface area contributed by atoms with Gasteiger partial charge in [-0.15, -0.1) is 11.3 Å². The lowest BCUT2D eigenvalue weighted by Crippen LogP contribution is -2.44. The molecule has 0 fully saturated rings. The zero-order valence-electron chi connectivity index (χ0n) is 11.4. The fourth-order valence-electron chi connectivity index (χ4n) is 1.91. The number of hydrogen-bond donors (Lipinski definition) is 2. The molecule has 0 aromatic carbocycles. The summed E-state index contributed by atoms with van der Waals surface area (Å²) in [5.41, 5.74) is 0. The Kier molecular flexibility index (Phi) is 5.98. The van der Waals surface area contributed by atoms with E-state index >= 15 is 0 Å². The van der Waals surface area contributed by atoms with Crippen LogP contribution in [0.5, 0.6) is 0 Å². The van der Waals surface area contributed by atoms with Gasteiger partial charge in [0.05, 0.1) is 12.6 Å². The van der Waals surface area contributed by atoms with Gasteiger partial charge < -0.3 is 10.4 Å². The minimum Gasteiger partial charge on any atom is -0.480 e. The lowest BCUT2D eigenvalue weighted by atomic mass is 10.2. The van der Waals surface area contributed by atoms with Crippen LogP contribution in [0.25, 0.3) is 0 Å². The van der Waals surface area contributed by atoms with E-state index in [0.29, 0.717) is 6.42 Å². The maximum Gasteiger partial charge on any atom is 0.320 e. The summed E-state index contributed by atoms with van der Waals surface area (Å²) in [5, 5.41) is 13.8. The van der Waals surface area contributed by atoms with Crippen LogP contribution in [0.3, 0.4) is 0 Å². The van der Waals surface area contributed by atoms with E-state index in [1.165, 1.54) is 0 Å². The Bertz CT molecular complexity index is 420. The summed E-state index contributed by atoms with van der Waals surface area (Å²) in [4.78, 5) is 25.5. The minimum absolute atomic E-state index is 0.0502. The highest BCUT2D eigenvalue weighted by molar-refractivity contribution is 7.10. The number of carboxylic acid groups (broad SMARTS) is 1. The summed E-state index contributed by atoms with van der Waals surface area (Å²) in [6.45, 7) is 3.79. The molecule has 2 N–H and O–H groups in total. The van der Waals surface area contributed by atoms with E-state index in [-0.39, 0.29) is 18.5 Å². The van der Waals surface area contributed by atoms with Crippen LogP contribution >= 0.6 is 11.3 Å². The summed E-state index contributed by atoms with van der Waals surface area (Å²) in [5.74, 6) is -1.06. The highest BCUT2D eigenvalue weighted by Crippen LogP contribution is 2.17. The Hall–Kier alpha value is -1.40. The molecular formula is C13H20N2O3S. The third kappa shape index (κ3) is 4.65. The molecule has 0 aliphatic heterocycles.